The van der Waals surface area contributed by atoms with Crippen LogP contribution in [0.25, 0.3) is 0 Å². The molecule has 5 heteroatoms. The van der Waals surface area contributed by atoms with Crippen molar-refractivity contribution in [1.82, 2.24) is 5.32 Å². The van der Waals surface area contributed by atoms with Gasteiger partial charge in [-0.15, -0.1) is 0 Å². The molecule has 4 aliphatic carbocycles. The van der Waals surface area contributed by atoms with E-state index in [-0.39, 0.29) is 5.41 Å². The lowest BCUT2D eigenvalue weighted by Crippen LogP contribution is -2.53. The molecule has 23 heavy (non-hydrogen) atoms. The first-order valence-electron chi connectivity index (χ1n) is 8.45. The molecule has 118 valence electrons. The second-order valence-electron chi connectivity index (χ2n) is 7.80. The Kier molecular flexibility index (Phi) is 4.26. The summed E-state index contributed by atoms with van der Waals surface area (Å²) in [6, 6.07) is 7.05. The lowest BCUT2D eigenvalue weighted by Gasteiger charge is -2.57. The van der Waals surface area contributed by atoms with Gasteiger partial charge in [0.05, 0.1) is 30.3 Å². The number of nitrogens with zero attached hydrogens (tertiary/aromatic N) is 4. The zero-order chi connectivity index (χ0) is 16.4. The Balaban J connectivity index is 1.72. The molecular weight excluding hydrogens is 286 g/mol. The zero-order valence-corrected chi connectivity index (χ0v) is 13.2. The van der Waals surface area contributed by atoms with E-state index >= 15 is 0 Å². The van der Waals surface area contributed by atoms with Crippen molar-refractivity contribution in [3.63, 3.8) is 0 Å². The monoisotopic (exact) mass is 307 g/mol. The van der Waals surface area contributed by atoms with Gasteiger partial charge in [-0.25, -0.2) is 0 Å². The maximum atomic E-state index is 9.17. The third-order valence-corrected chi connectivity index (χ3v) is 6.15. The third-order valence-electron chi connectivity index (χ3n) is 6.15. The maximum Gasteiger partial charge on any atom is 0.150 e. The summed E-state index contributed by atoms with van der Waals surface area (Å²) in [6.07, 6.45) is 7.73. The van der Waals surface area contributed by atoms with Crippen molar-refractivity contribution in [3.8, 4) is 24.3 Å². The summed E-state index contributed by atoms with van der Waals surface area (Å²) in [4.78, 5) is 0. The van der Waals surface area contributed by atoms with Gasteiger partial charge < -0.3 is 5.32 Å². The van der Waals surface area contributed by atoms with Crippen LogP contribution in [-0.2, 0) is 0 Å². The molecular formula is C18H21N5. The lowest BCUT2D eigenvalue weighted by atomic mass is 9.49. The second-order valence-corrected chi connectivity index (χ2v) is 7.80. The SMILES string of the molecule is N#CC(C#N)C(NCC12CC3CC(CC(C3)C1)C2)C(C#N)C#N. The third kappa shape index (κ3) is 2.91. The number of nitrogens with one attached hydrogen (secondary N) is 1. The predicted octanol–water partition coefficient (Wildman–Crippen LogP) is 2.49. The Morgan fingerprint density at radius 1 is 0.783 bits per heavy atom. The van der Waals surface area contributed by atoms with Crippen molar-refractivity contribution >= 4 is 0 Å². The highest BCUT2D eigenvalue weighted by atomic mass is 14.9. The molecule has 4 rings (SSSR count). The van der Waals surface area contributed by atoms with Gasteiger partial charge in [0.1, 0.15) is 0 Å². The molecule has 0 atom stereocenters. The van der Waals surface area contributed by atoms with E-state index in [1.807, 2.05) is 24.3 Å². The Bertz CT molecular complexity index is 530. The predicted molar refractivity (Wildman–Crippen MR) is 81.8 cm³/mol. The van der Waals surface area contributed by atoms with Crippen LogP contribution in [0.4, 0.5) is 0 Å². The summed E-state index contributed by atoms with van der Waals surface area (Å²) >= 11 is 0. The molecule has 0 aromatic rings. The Morgan fingerprint density at radius 2 is 1.17 bits per heavy atom. The fourth-order valence-corrected chi connectivity index (χ4v) is 5.65. The molecule has 4 saturated carbocycles. The molecule has 4 fully saturated rings. The van der Waals surface area contributed by atoms with E-state index in [0.29, 0.717) is 0 Å². The van der Waals surface area contributed by atoms with Crippen molar-refractivity contribution in [1.29, 1.82) is 21.0 Å². The van der Waals surface area contributed by atoms with Gasteiger partial charge in [0.15, 0.2) is 11.8 Å². The molecule has 0 aliphatic heterocycles. The normalized spacial score (nSPS) is 34.1. The first kappa shape index (κ1) is 15.8. The summed E-state index contributed by atoms with van der Waals surface area (Å²) in [5, 5.41) is 40.0. The lowest BCUT2D eigenvalue weighted by molar-refractivity contribution is -0.0529. The summed E-state index contributed by atoms with van der Waals surface area (Å²) in [5.41, 5.74) is 0.248. The summed E-state index contributed by atoms with van der Waals surface area (Å²) < 4.78 is 0. The molecule has 0 aromatic heterocycles. The van der Waals surface area contributed by atoms with Gasteiger partial charge in [-0.3, -0.25) is 0 Å². The molecule has 4 aliphatic rings. The van der Waals surface area contributed by atoms with E-state index in [1.54, 1.807) is 0 Å². The molecule has 0 heterocycles. The van der Waals surface area contributed by atoms with Gasteiger partial charge >= 0.3 is 0 Å². The van der Waals surface area contributed by atoms with Crippen LogP contribution in [0.2, 0.25) is 0 Å². The molecule has 4 bridgehead atoms. The van der Waals surface area contributed by atoms with Crippen LogP contribution in [0.15, 0.2) is 0 Å². The number of nitriles is 4. The van der Waals surface area contributed by atoms with Gasteiger partial charge in [-0.1, -0.05) is 0 Å². The minimum atomic E-state index is -0.965. The van der Waals surface area contributed by atoms with Crippen molar-refractivity contribution in [2.24, 2.45) is 35.0 Å². The van der Waals surface area contributed by atoms with Gasteiger partial charge in [-0.05, 0) is 61.7 Å². The van der Waals surface area contributed by atoms with Crippen LogP contribution < -0.4 is 5.32 Å². The molecule has 0 unspecified atom stereocenters. The van der Waals surface area contributed by atoms with Gasteiger partial charge in [0.2, 0.25) is 0 Å². The van der Waals surface area contributed by atoms with Crippen LogP contribution in [0.5, 0.6) is 0 Å². The van der Waals surface area contributed by atoms with E-state index in [0.717, 1.165) is 24.3 Å². The number of hydrogen-bond donors (Lipinski definition) is 1. The van der Waals surface area contributed by atoms with E-state index in [4.69, 9.17) is 21.0 Å². The fraction of sp³-hybridized carbons (Fsp3) is 0.778. The van der Waals surface area contributed by atoms with Crippen LogP contribution >= 0.6 is 0 Å². The highest BCUT2D eigenvalue weighted by Gasteiger charge is 2.51. The molecule has 0 saturated heterocycles. The van der Waals surface area contributed by atoms with E-state index in [9.17, 15) is 0 Å². The highest BCUT2D eigenvalue weighted by Crippen LogP contribution is 2.59. The number of rotatable bonds is 5. The Labute approximate surface area is 137 Å². The smallest absolute Gasteiger partial charge is 0.150 e. The maximum absolute atomic E-state index is 9.17. The van der Waals surface area contributed by atoms with E-state index in [1.165, 1.54) is 38.5 Å². The average Bonchev–Trinajstić information content (AvgIpc) is 2.53. The van der Waals surface area contributed by atoms with Crippen molar-refractivity contribution in [3.05, 3.63) is 0 Å². The second kappa shape index (κ2) is 6.20. The standard InChI is InChI=1S/C18H21N5/c19-7-15(8-20)17(16(9-21)10-22)23-11-18-4-12-1-13(5-18)3-14(2-12)6-18/h12-17,23H,1-6,11H2. The minimum Gasteiger partial charge on any atom is -0.309 e. The molecule has 1 N–H and O–H groups in total. The summed E-state index contributed by atoms with van der Waals surface area (Å²) in [5.74, 6) is 0.548. The fourth-order valence-electron chi connectivity index (χ4n) is 5.65. The summed E-state index contributed by atoms with van der Waals surface area (Å²) in [6.45, 7) is 0.723. The van der Waals surface area contributed by atoms with Gasteiger partial charge in [-0.2, -0.15) is 21.0 Å². The Hall–Kier alpha value is -2.08. The molecule has 0 spiro atoms. The van der Waals surface area contributed by atoms with Crippen molar-refractivity contribution in [2.45, 2.75) is 44.6 Å². The first-order chi connectivity index (χ1) is 11.1. The first-order valence-corrected chi connectivity index (χ1v) is 8.45. The van der Waals surface area contributed by atoms with Gasteiger partial charge in [0, 0.05) is 6.54 Å². The van der Waals surface area contributed by atoms with Gasteiger partial charge in [0.25, 0.3) is 0 Å². The largest absolute Gasteiger partial charge is 0.309 e. The van der Waals surface area contributed by atoms with Crippen LogP contribution in [0, 0.1) is 80.3 Å². The molecule has 0 aromatic carbocycles. The van der Waals surface area contributed by atoms with Crippen molar-refractivity contribution in [2.75, 3.05) is 6.54 Å². The topological polar surface area (TPSA) is 107 Å². The van der Waals surface area contributed by atoms with E-state index in [2.05, 4.69) is 5.32 Å². The average molecular weight is 307 g/mol. The Morgan fingerprint density at radius 3 is 1.52 bits per heavy atom. The van der Waals surface area contributed by atoms with Crippen molar-refractivity contribution < 1.29 is 0 Å². The highest BCUT2D eigenvalue weighted by molar-refractivity contribution is 5.16. The number of hydrogen-bond acceptors (Lipinski definition) is 5. The minimum absolute atomic E-state index is 0.248. The molecule has 0 radical (unpaired) electrons. The van der Waals surface area contributed by atoms with Crippen LogP contribution in [0.1, 0.15) is 38.5 Å². The zero-order valence-electron chi connectivity index (χ0n) is 13.2. The van der Waals surface area contributed by atoms with E-state index < -0.39 is 17.9 Å². The molecule has 0 amide bonds. The molecule has 5 nitrogen and oxygen atoms in total. The van der Waals surface area contributed by atoms with Crippen LogP contribution in [-0.4, -0.2) is 12.6 Å². The quantitative estimate of drug-likeness (QED) is 0.839. The summed E-state index contributed by atoms with van der Waals surface area (Å²) in [7, 11) is 0. The van der Waals surface area contributed by atoms with Crippen LogP contribution in [0.3, 0.4) is 0 Å².